The minimum Gasteiger partial charge on any atom is -0.392 e. The van der Waals surface area contributed by atoms with E-state index >= 15 is 0 Å². The van der Waals surface area contributed by atoms with Crippen molar-refractivity contribution in [3.63, 3.8) is 0 Å². The summed E-state index contributed by atoms with van der Waals surface area (Å²) in [6, 6.07) is 0. The molecular formula is C6H10N2OS. The van der Waals surface area contributed by atoms with Gasteiger partial charge in [-0.3, -0.25) is 4.68 Å². The summed E-state index contributed by atoms with van der Waals surface area (Å²) < 4.78 is 1.76. The summed E-state index contributed by atoms with van der Waals surface area (Å²) in [5, 5.41) is 13.8. The van der Waals surface area contributed by atoms with E-state index in [1.54, 1.807) is 22.6 Å². The molecule has 0 saturated heterocycles. The number of aromatic nitrogens is 2. The van der Waals surface area contributed by atoms with E-state index in [1.165, 1.54) is 0 Å². The van der Waals surface area contributed by atoms with Gasteiger partial charge in [-0.25, -0.2) is 0 Å². The Morgan fingerprint density at radius 3 is 2.90 bits per heavy atom. The van der Waals surface area contributed by atoms with Gasteiger partial charge in [-0.2, -0.15) is 5.10 Å². The molecular weight excluding hydrogens is 148 g/mol. The van der Waals surface area contributed by atoms with E-state index in [2.05, 4.69) is 5.10 Å². The van der Waals surface area contributed by atoms with E-state index < -0.39 is 0 Å². The summed E-state index contributed by atoms with van der Waals surface area (Å²) in [5.41, 5.74) is 0.898. The Balaban J connectivity index is 3.01. The molecule has 0 spiro atoms. The highest BCUT2D eigenvalue weighted by Crippen LogP contribution is 2.18. The first-order valence-electron chi connectivity index (χ1n) is 2.95. The van der Waals surface area contributed by atoms with Crippen LogP contribution in [0.3, 0.4) is 0 Å². The Labute approximate surface area is 64.1 Å². The lowest BCUT2D eigenvalue weighted by atomic mass is 10.4. The average Bonchev–Trinajstić information content (AvgIpc) is 2.30. The van der Waals surface area contributed by atoms with Crippen molar-refractivity contribution < 1.29 is 5.11 Å². The highest BCUT2D eigenvalue weighted by Gasteiger charge is 2.04. The fraction of sp³-hybridized carbons (Fsp3) is 0.500. The van der Waals surface area contributed by atoms with Gasteiger partial charge in [0.2, 0.25) is 0 Å². The zero-order chi connectivity index (χ0) is 7.56. The Morgan fingerprint density at radius 1 is 1.80 bits per heavy atom. The van der Waals surface area contributed by atoms with E-state index in [4.69, 9.17) is 5.11 Å². The van der Waals surface area contributed by atoms with Crippen LogP contribution in [0.25, 0.3) is 0 Å². The summed E-state index contributed by atoms with van der Waals surface area (Å²) in [7, 11) is 1.87. The molecule has 0 saturated carbocycles. The number of nitrogens with zero attached hydrogens (tertiary/aromatic N) is 2. The largest absolute Gasteiger partial charge is 0.392 e. The zero-order valence-corrected chi connectivity index (χ0v) is 6.85. The third-order valence-electron chi connectivity index (χ3n) is 1.32. The van der Waals surface area contributed by atoms with Gasteiger partial charge in [0.25, 0.3) is 0 Å². The minimum atomic E-state index is 0.0734. The van der Waals surface area contributed by atoms with Crippen molar-refractivity contribution in [2.75, 3.05) is 6.26 Å². The highest BCUT2D eigenvalue weighted by molar-refractivity contribution is 7.98. The lowest BCUT2D eigenvalue weighted by Gasteiger charge is -1.97. The molecule has 0 unspecified atom stereocenters. The van der Waals surface area contributed by atoms with E-state index in [9.17, 15) is 0 Å². The maximum absolute atomic E-state index is 8.80. The molecule has 0 atom stereocenters. The molecule has 0 bridgehead atoms. The maximum atomic E-state index is 8.80. The predicted octanol–water partition coefficient (Wildman–Crippen LogP) is 0.634. The number of hydrogen-bond donors (Lipinski definition) is 1. The van der Waals surface area contributed by atoms with Gasteiger partial charge in [0.05, 0.1) is 17.8 Å². The Kier molecular flexibility index (Phi) is 2.34. The molecule has 0 aliphatic rings. The average molecular weight is 158 g/mol. The third-order valence-corrected chi connectivity index (χ3v) is 2.23. The highest BCUT2D eigenvalue weighted by atomic mass is 32.2. The smallest absolute Gasteiger partial charge is 0.0989 e. The van der Waals surface area contributed by atoms with Gasteiger partial charge in [0, 0.05) is 12.6 Å². The lowest BCUT2D eigenvalue weighted by molar-refractivity contribution is 0.278. The minimum absolute atomic E-state index is 0.0734. The standard InChI is InChI=1S/C6H10N2OS/c1-8-6(10-2)5(4-9)3-7-8/h3,9H,4H2,1-2H3. The van der Waals surface area contributed by atoms with E-state index in [0.717, 1.165) is 10.6 Å². The monoisotopic (exact) mass is 158 g/mol. The van der Waals surface area contributed by atoms with Crippen LogP contribution in [-0.4, -0.2) is 21.1 Å². The number of thioether (sulfide) groups is 1. The van der Waals surface area contributed by atoms with Crippen LogP contribution in [0.4, 0.5) is 0 Å². The third kappa shape index (κ3) is 1.17. The number of hydrogen-bond acceptors (Lipinski definition) is 3. The van der Waals surface area contributed by atoms with E-state index in [0.29, 0.717) is 0 Å². The van der Waals surface area contributed by atoms with Gasteiger partial charge in [-0.05, 0) is 6.26 Å². The first-order chi connectivity index (χ1) is 4.79. The summed E-state index contributed by atoms with van der Waals surface area (Å²) in [5.74, 6) is 0. The van der Waals surface area contributed by atoms with E-state index in [-0.39, 0.29) is 6.61 Å². The SMILES string of the molecule is CSc1c(CO)cnn1C. The molecule has 0 aliphatic heterocycles. The van der Waals surface area contributed by atoms with Crippen LogP contribution >= 0.6 is 11.8 Å². The normalized spacial score (nSPS) is 10.3. The van der Waals surface area contributed by atoms with Gasteiger partial charge >= 0.3 is 0 Å². The fourth-order valence-corrected chi connectivity index (χ4v) is 1.53. The first-order valence-corrected chi connectivity index (χ1v) is 4.17. The Bertz CT molecular complexity index is 222. The van der Waals surface area contributed by atoms with Gasteiger partial charge in [-0.1, -0.05) is 0 Å². The van der Waals surface area contributed by atoms with Crippen molar-refractivity contribution in [3.8, 4) is 0 Å². The summed E-state index contributed by atoms with van der Waals surface area (Å²) in [6.45, 7) is 0.0734. The molecule has 0 aromatic carbocycles. The van der Waals surface area contributed by atoms with Crippen LogP contribution in [0.2, 0.25) is 0 Å². The van der Waals surface area contributed by atoms with Crippen LogP contribution < -0.4 is 0 Å². The molecule has 10 heavy (non-hydrogen) atoms. The van der Waals surface area contributed by atoms with Crippen molar-refractivity contribution in [1.82, 2.24) is 9.78 Å². The first kappa shape index (κ1) is 7.63. The topological polar surface area (TPSA) is 38.1 Å². The van der Waals surface area contributed by atoms with Gasteiger partial charge in [0.15, 0.2) is 0 Å². The molecule has 0 radical (unpaired) electrons. The number of aliphatic hydroxyl groups excluding tert-OH is 1. The Hall–Kier alpha value is -0.480. The quantitative estimate of drug-likeness (QED) is 0.642. The second kappa shape index (κ2) is 3.07. The van der Waals surface area contributed by atoms with Crippen molar-refractivity contribution in [2.24, 2.45) is 7.05 Å². The molecule has 3 nitrogen and oxygen atoms in total. The van der Waals surface area contributed by atoms with E-state index in [1.807, 2.05) is 13.3 Å². The number of aliphatic hydroxyl groups is 1. The van der Waals surface area contributed by atoms with Gasteiger partial charge in [0.1, 0.15) is 0 Å². The second-order valence-electron chi connectivity index (χ2n) is 1.96. The molecule has 1 heterocycles. The number of rotatable bonds is 2. The summed E-state index contributed by atoms with van der Waals surface area (Å²) in [6.07, 6.45) is 3.65. The molecule has 0 fully saturated rings. The van der Waals surface area contributed by atoms with Crippen LogP contribution in [0.1, 0.15) is 5.56 Å². The van der Waals surface area contributed by atoms with Crippen molar-refractivity contribution in [3.05, 3.63) is 11.8 Å². The Morgan fingerprint density at radius 2 is 2.50 bits per heavy atom. The molecule has 1 rings (SSSR count). The molecule has 56 valence electrons. The van der Waals surface area contributed by atoms with Gasteiger partial charge in [-0.15, -0.1) is 11.8 Å². The molecule has 0 amide bonds. The molecule has 1 N–H and O–H groups in total. The van der Waals surface area contributed by atoms with Crippen LogP contribution in [0, 0.1) is 0 Å². The molecule has 1 aromatic rings. The summed E-state index contributed by atoms with van der Waals surface area (Å²) >= 11 is 1.59. The fourth-order valence-electron chi connectivity index (χ4n) is 0.843. The molecule has 1 aromatic heterocycles. The van der Waals surface area contributed by atoms with Crippen LogP contribution in [0.15, 0.2) is 11.2 Å². The van der Waals surface area contributed by atoms with Crippen LogP contribution in [-0.2, 0) is 13.7 Å². The lowest BCUT2D eigenvalue weighted by Crippen LogP contribution is -1.92. The van der Waals surface area contributed by atoms with Gasteiger partial charge < -0.3 is 5.11 Å². The zero-order valence-electron chi connectivity index (χ0n) is 6.03. The second-order valence-corrected chi connectivity index (χ2v) is 2.76. The maximum Gasteiger partial charge on any atom is 0.0989 e. The number of aryl methyl sites for hydroxylation is 1. The van der Waals surface area contributed by atoms with Crippen molar-refractivity contribution in [1.29, 1.82) is 0 Å². The van der Waals surface area contributed by atoms with Crippen molar-refractivity contribution in [2.45, 2.75) is 11.6 Å². The molecule has 0 aliphatic carbocycles. The van der Waals surface area contributed by atoms with Crippen LogP contribution in [0.5, 0.6) is 0 Å². The van der Waals surface area contributed by atoms with Crippen molar-refractivity contribution >= 4 is 11.8 Å². The summed E-state index contributed by atoms with van der Waals surface area (Å²) in [4.78, 5) is 0. The predicted molar refractivity (Wildman–Crippen MR) is 40.9 cm³/mol. The molecule has 4 heteroatoms.